The molecule has 0 unspecified atom stereocenters. The zero-order valence-corrected chi connectivity index (χ0v) is 10.0. The Morgan fingerprint density at radius 1 is 1.41 bits per heavy atom. The van der Waals surface area contributed by atoms with Gasteiger partial charge in [-0.25, -0.2) is 0 Å². The topological polar surface area (TPSA) is 55.6 Å². The normalized spacial score (nSPS) is 17.0. The third-order valence-electron chi connectivity index (χ3n) is 2.74. The molecule has 2 rings (SSSR count). The fraction of sp³-hybridized carbons (Fsp3) is 0.455. The lowest BCUT2D eigenvalue weighted by atomic mass is 10.1. The second-order valence-corrected chi connectivity index (χ2v) is 4.36. The third kappa shape index (κ3) is 3.15. The molecule has 0 aromatic heterocycles. The Bertz CT molecular complexity index is 419. The number of nitro groups is 1. The monoisotopic (exact) mass is 256 g/mol. The highest BCUT2D eigenvalue weighted by atomic mass is 35.5. The van der Waals surface area contributed by atoms with Gasteiger partial charge in [-0.05, 0) is 12.1 Å². The van der Waals surface area contributed by atoms with Crippen LogP contribution in [0, 0.1) is 10.1 Å². The van der Waals surface area contributed by atoms with Crippen LogP contribution in [0.1, 0.15) is 5.56 Å². The van der Waals surface area contributed by atoms with Gasteiger partial charge in [0.25, 0.3) is 5.69 Å². The van der Waals surface area contributed by atoms with Crippen LogP contribution in [0.4, 0.5) is 5.69 Å². The maximum absolute atomic E-state index is 10.9. The highest BCUT2D eigenvalue weighted by molar-refractivity contribution is 6.30. The summed E-state index contributed by atoms with van der Waals surface area (Å²) in [5.74, 6) is 0. The minimum atomic E-state index is -0.369. The van der Waals surface area contributed by atoms with Crippen LogP contribution in [0.5, 0.6) is 0 Å². The lowest BCUT2D eigenvalue weighted by Crippen LogP contribution is -2.35. The van der Waals surface area contributed by atoms with Crippen molar-refractivity contribution in [1.29, 1.82) is 0 Å². The highest BCUT2D eigenvalue weighted by Crippen LogP contribution is 2.24. The van der Waals surface area contributed by atoms with E-state index in [2.05, 4.69) is 4.90 Å². The van der Waals surface area contributed by atoms with Gasteiger partial charge < -0.3 is 4.74 Å². The van der Waals surface area contributed by atoms with E-state index in [4.69, 9.17) is 16.3 Å². The van der Waals surface area contributed by atoms with E-state index in [1.807, 2.05) is 0 Å². The number of nitrogens with zero attached hydrogens (tertiary/aromatic N) is 2. The first-order valence-electron chi connectivity index (χ1n) is 5.40. The van der Waals surface area contributed by atoms with Crippen molar-refractivity contribution in [3.8, 4) is 0 Å². The van der Waals surface area contributed by atoms with E-state index in [1.165, 1.54) is 6.07 Å². The second kappa shape index (κ2) is 5.44. The molecule has 0 radical (unpaired) electrons. The Morgan fingerprint density at radius 2 is 2.12 bits per heavy atom. The number of nitro benzene ring substituents is 1. The zero-order valence-electron chi connectivity index (χ0n) is 9.26. The third-order valence-corrected chi connectivity index (χ3v) is 2.97. The van der Waals surface area contributed by atoms with E-state index in [1.54, 1.807) is 12.1 Å². The van der Waals surface area contributed by atoms with Crippen LogP contribution in [-0.2, 0) is 11.3 Å². The van der Waals surface area contributed by atoms with Crippen molar-refractivity contribution < 1.29 is 9.66 Å². The largest absolute Gasteiger partial charge is 0.379 e. The van der Waals surface area contributed by atoms with E-state index >= 15 is 0 Å². The quantitative estimate of drug-likeness (QED) is 0.614. The molecule has 1 aliphatic heterocycles. The molecule has 17 heavy (non-hydrogen) atoms. The molecule has 1 aromatic carbocycles. The van der Waals surface area contributed by atoms with Crippen LogP contribution in [0.15, 0.2) is 18.2 Å². The SMILES string of the molecule is O=[N+]([O-])c1ccc(Cl)cc1CN1CCOCC1. The van der Waals surface area contributed by atoms with E-state index in [9.17, 15) is 10.1 Å². The summed E-state index contributed by atoms with van der Waals surface area (Å²) in [6, 6.07) is 4.66. The molecule has 5 nitrogen and oxygen atoms in total. The van der Waals surface area contributed by atoms with Crippen LogP contribution in [0.3, 0.4) is 0 Å². The first-order chi connectivity index (χ1) is 8.16. The first-order valence-corrected chi connectivity index (χ1v) is 5.77. The molecule has 6 heteroatoms. The van der Waals surface area contributed by atoms with Gasteiger partial charge in [0.1, 0.15) is 0 Å². The smallest absolute Gasteiger partial charge is 0.273 e. The van der Waals surface area contributed by atoms with Gasteiger partial charge in [0.15, 0.2) is 0 Å². The Labute approximate surface area is 104 Å². The molecular formula is C11H13ClN2O3. The van der Waals surface area contributed by atoms with Crippen molar-refractivity contribution in [2.75, 3.05) is 26.3 Å². The number of hydrogen-bond acceptors (Lipinski definition) is 4. The van der Waals surface area contributed by atoms with Crippen LogP contribution in [-0.4, -0.2) is 36.1 Å². The number of morpholine rings is 1. The van der Waals surface area contributed by atoms with E-state index < -0.39 is 0 Å². The summed E-state index contributed by atoms with van der Waals surface area (Å²) in [5, 5.41) is 11.4. The van der Waals surface area contributed by atoms with Crippen LogP contribution >= 0.6 is 11.6 Å². The van der Waals surface area contributed by atoms with Crippen LogP contribution in [0.2, 0.25) is 5.02 Å². The Balaban J connectivity index is 2.17. The minimum Gasteiger partial charge on any atom is -0.379 e. The van der Waals surface area contributed by atoms with Gasteiger partial charge in [-0.3, -0.25) is 15.0 Å². The number of ether oxygens (including phenoxy) is 1. The van der Waals surface area contributed by atoms with Gasteiger partial charge in [-0.15, -0.1) is 0 Å². The molecule has 0 amide bonds. The van der Waals surface area contributed by atoms with Gasteiger partial charge in [0.05, 0.1) is 18.1 Å². The Morgan fingerprint density at radius 3 is 2.76 bits per heavy atom. The van der Waals surface area contributed by atoms with Crippen molar-refractivity contribution >= 4 is 17.3 Å². The van der Waals surface area contributed by atoms with Crippen molar-refractivity contribution in [1.82, 2.24) is 4.90 Å². The van der Waals surface area contributed by atoms with Gasteiger partial charge >= 0.3 is 0 Å². The van der Waals surface area contributed by atoms with E-state index in [0.29, 0.717) is 30.3 Å². The zero-order chi connectivity index (χ0) is 12.3. The molecular weight excluding hydrogens is 244 g/mol. The van der Waals surface area contributed by atoms with Crippen molar-refractivity contribution in [2.45, 2.75) is 6.54 Å². The average molecular weight is 257 g/mol. The fourth-order valence-electron chi connectivity index (χ4n) is 1.86. The molecule has 1 aromatic rings. The van der Waals surface area contributed by atoms with Gasteiger partial charge in [-0.1, -0.05) is 11.6 Å². The summed E-state index contributed by atoms with van der Waals surface area (Å²) in [6.07, 6.45) is 0. The van der Waals surface area contributed by atoms with Gasteiger partial charge in [-0.2, -0.15) is 0 Å². The second-order valence-electron chi connectivity index (χ2n) is 3.92. The molecule has 1 fully saturated rings. The maximum atomic E-state index is 10.9. The lowest BCUT2D eigenvalue weighted by Gasteiger charge is -2.26. The minimum absolute atomic E-state index is 0.126. The van der Waals surface area contributed by atoms with E-state index in [-0.39, 0.29) is 10.6 Å². The molecule has 0 atom stereocenters. The number of hydrogen-bond donors (Lipinski definition) is 0. The predicted molar refractivity (Wildman–Crippen MR) is 64.2 cm³/mol. The van der Waals surface area contributed by atoms with Crippen molar-refractivity contribution in [3.05, 3.63) is 38.9 Å². The van der Waals surface area contributed by atoms with Gasteiger partial charge in [0, 0.05) is 36.3 Å². The average Bonchev–Trinajstić information content (AvgIpc) is 2.30. The first kappa shape index (κ1) is 12.3. The maximum Gasteiger partial charge on any atom is 0.273 e. The highest BCUT2D eigenvalue weighted by Gasteiger charge is 2.18. The molecule has 92 valence electrons. The molecule has 0 N–H and O–H groups in total. The molecule has 0 bridgehead atoms. The summed E-state index contributed by atoms with van der Waals surface area (Å²) < 4.78 is 5.24. The van der Waals surface area contributed by atoms with Gasteiger partial charge in [0.2, 0.25) is 0 Å². The molecule has 0 spiro atoms. The molecule has 0 saturated carbocycles. The van der Waals surface area contributed by atoms with Crippen LogP contribution in [0.25, 0.3) is 0 Å². The van der Waals surface area contributed by atoms with Crippen LogP contribution < -0.4 is 0 Å². The molecule has 1 saturated heterocycles. The predicted octanol–water partition coefficient (Wildman–Crippen LogP) is 2.08. The van der Waals surface area contributed by atoms with Crippen molar-refractivity contribution in [2.24, 2.45) is 0 Å². The molecule has 1 heterocycles. The summed E-state index contributed by atoms with van der Waals surface area (Å²) >= 11 is 5.87. The fourth-order valence-corrected chi connectivity index (χ4v) is 2.05. The number of halogens is 1. The standard InChI is InChI=1S/C11H13ClN2O3/c12-10-1-2-11(14(15)16)9(7-10)8-13-3-5-17-6-4-13/h1-2,7H,3-6,8H2. The lowest BCUT2D eigenvalue weighted by molar-refractivity contribution is -0.385. The Kier molecular flexibility index (Phi) is 3.93. The van der Waals surface area contributed by atoms with E-state index in [0.717, 1.165) is 13.1 Å². The summed E-state index contributed by atoms with van der Waals surface area (Å²) in [7, 11) is 0. The summed E-state index contributed by atoms with van der Waals surface area (Å²) in [5.41, 5.74) is 0.783. The van der Waals surface area contributed by atoms with Crippen molar-refractivity contribution in [3.63, 3.8) is 0 Å². The summed E-state index contributed by atoms with van der Waals surface area (Å²) in [4.78, 5) is 12.7. The Hall–Kier alpha value is -1.17. The molecule has 1 aliphatic rings. The molecule has 0 aliphatic carbocycles. The number of rotatable bonds is 3. The summed E-state index contributed by atoms with van der Waals surface area (Å²) in [6.45, 7) is 3.48. The number of benzene rings is 1.